The predicted octanol–water partition coefficient (Wildman–Crippen LogP) is 2.22. The Morgan fingerprint density at radius 2 is 2.30 bits per heavy atom. The first-order chi connectivity index (χ1) is 9.38. The van der Waals surface area contributed by atoms with E-state index < -0.39 is 6.10 Å². The van der Waals surface area contributed by atoms with Gasteiger partial charge in [0.05, 0.1) is 18.9 Å². The van der Waals surface area contributed by atoms with Crippen molar-refractivity contribution in [2.75, 3.05) is 13.1 Å². The zero-order valence-electron chi connectivity index (χ0n) is 12.4. The second-order valence-corrected chi connectivity index (χ2v) is 6.51. The fraction of sp³-hybridized carbons (Fsp3) is 0.667. The number of hydrogen-bond donors (Lipinski definition) is 2. The molecular formula is C15H24N2O3. The number of rotatable bonds is 2. The van der Waals surface area contributed by atoms with Crippen molar-refractivity contribution >= 4 is 6.03 Å². The Hall–Kier alpha value is -1.49. The first kappa shape index (κ1) is 14.9. The van der Waals surface area contributed by atoms with Gasteiger partial charge in [-0.2, -0.15) is 0 Å². The summed E-state index contributed by atoms with van der Waals surface area (Å²) in [6.45, 7) is 7.85. The van der Waals surface area contributed by atoms with Crippen LogP contribution in [-0.4, -0.2) is 35.2 Å². The van der Waals surface area contributed by atoms with Crippen LogP contribution < -0.4 is 5.32 Å². The van der Waals surface area contributed by atoms with E-state index in [1.54, 1.807) is 17.2 Å². The quantitative estimate of drug-likeness (QED) is 0.873. The molecule has 5 nitrogen and oxygen atoms in total. The van der Waals surface area contributed by atoms with Crippen molar-refractivity contribution in [1.29, 1.82) is 0 Å². The molecule has 2 rings (SSSR count). The van der Waals surface area contributed by atoms with E-state index in [0.29, 0.717) is 19.6 Å². The van der Waals surface area contributed by atoms with Gasteiger partial charge in [0.15, 0.2) is 0 Å². The molecule has 2 amide bonds. The van der Waals surface area contributed by atoms with Crippen molar-refractivity contribution in [2.24, 2.45) is 11.3 Å². The van der Waals surface area contributed by atoms with Crippen LogP contribution in [0.1, 0.15) is 33.0 Å². The monoisotopic (exact) mass is 280 g/mol. The number of piperidine rings is 1. The maximum Gasteiger partial charge on any atom is 0.317 e. The molecular weight excluding hydrogens is 256 g/mol. The fourth-order valence-corrected chi connectivity index (χ4v) is 2.81. The molecule has 2 atom stereocenters. The summed E-state index contributed by atoms with van der Waals surface area (Å²) >= 11 is 0. The minimum atomic E-state index is -0.460. The predicted molar refractivity (Wildman–Crippen MR) is 76.1 cm³/mol. The number of carbonyl (C=O) groups excluding carboxylic acids is 1. The molecule has 0 bridgehead atoms. The zero-order valence-corrected chi connectivity index (χ0v) is 12.4. The highest BCUT2D eigenvalue weighted by molar-refractivity contribution is 5.74. The molecule has 0 radical (unpaired) electrons. The molecule has 0 aliphatic carbocycles. The number of carbonyl (C=O) groups is 1. The summed E-state index contributed by atoms with van der Waals surface area (Å²) in [5, 5.41) is 13.0. The Morgan fingerprint density at radius 1 is 1.55 bits per heavy atom. The molecule has 0 saturated carbocycles. The highest BCUT2D eigenvalue weighted by atomic mass is 16.3. The normalized spacial score (nSPS) is 23.7. The third-order valence-electron chi connectivity index (χ3n) is 3.98. The SMILES string of the molecule is CC(C)(C)[C@H]1CCN(C(=O)NCc2ccco2)C[C@@H]1O. The summed E-state index contributed by atoms with van der Waals surface area (Å²) in [5.41, 5.74) is 0.0656. The number of nitrogens with one attached hydrogen (secondary N) is 1. The average Bonchev–Trinajstić information content (AvgIpc) is 2.87. The molecule has 1 fully saturated rings. The molecule has 2 heterocycles. The molecule has 1 aliphatic rings. The third kappa shape index (κ3) is 3.54. The van der Waals surface area contributed by atoms with Gasteiger partial charge in [0.25, 0.3) is 0 Å². The number of aliphatic hydroxyl groups is 1. The maximum absolute atomic E-state index is 12.1. The van der Waals surface area contributed by atoms with Gasteiger partial charge in [0, 0.05) is 13.1 Å². The minimum absolute atomic E-state index is 0.0656. The van der Waals surface area contributed by atoms with Crippen LogP contribution in [0.5, 0.6) is 0 Å². The summed E-state index contributed by atoms with van der Waals surface area (Å²) in [4.78, 5) is 13.7. The van der Waals surface area contributed by atoms with Crippen LogP contribution in [0.3, 0.4) is 0 Å². The molecule has 112 valence electrons. The van der Waals surface area contributed by atoms with Crippen molar-refractivity contribution in [3.05, 3.63) is 24.2 Å². The number of furan rings is 1. The number of likely N-dealkylation sites (tertiary alicyclic amines) is 1. The number of urea groups is 1. The Labute approximate surface area is 119 Å². The van der Waals surface area contributed by atoms with Gasteiger partial charge in [-0.05, 0) is 29.9 Å². The lowest BCUT2D eigenvalue weighted by Crippen LogP contribution is -2.52. The summed E-state index contributed by atoms with van der Waals surface area (Å²) in [6.07, 6.45) is 1.96. The van der Waals surface area contributed by atoms with Gasteiger partial charge in [0.2, 0.25) is 0 Å². The van der Waals surface area contributed by atoms with Gasteiger partial charge < -0.3 is 19.7 Å². The summed E-state index contributed by atoms with van der Waals surface area (Å²) in [7, 11) is 0. The molecule has 20 heavy (non-hydrogen) atoms. The first-order valence-electron chi connectivity index (χ1n) is 7.11. The minimum Gasteiger partial charge on any atom is -0.467 e. The lowest BCUT2D eigenvalue weighted by molar-refractivity contribution is -0.0124. The number of hydrogen-bond acceptors (Lipinski definition) is 3. The second-order valence-electron chi connectivity index (χ2n) is 6.51. The highest BCUT2D eigenvalue weighted by Gasteiger charge is 2.36. The number of nitrogens with zero attached hydrogens (tertiary/aromatic N) is 1. The fourth-order valence-electron chi connectivity index (χ4n) is 2.81. The molecule has 1 saturated heterocycles. The Morgan fingerprint density at radius 3 is 2.85 bits per heavy atom. The van der Waals surface area contributed by atoms with Gasteiger partial charge in [0.1, 0.15) is 5.76 Å². The van der Waals surface area contributed by atoms with Crippen LogP contribution in [0.2, 0.25) is 0 Å². The average molecular weight is 280 g/mol. The summed E-state index contributed by atoms with van der Waals surface area (Å²) < 4.78 is 5.17. The molecule has 5 heteroatoms. The van der Waals surface area contributed by atoms with Crippen LogP contribution in [-0.2, 0) is 6.54 Å². The summed E-state index contributed by atoms with van der Waals surface area (Å²) in [5.74, 6) is 0.958. The van der Waals surface area contributed by atoms with Crippen LogP contribution in [0, 0.1) is 11.3 Å². The molecule has 0 unspecified atom stereocenters. The van der Waals surface area contributed by atoms with Gasteiger partial charge in [-0.3, -0.25) is 0 Å². The molecule has 0 spiro atoms. The van der Waals surface area contributed by atoms with Gasteiger partial charge in [-0.25, -0.2) is 4.79 Å². The molecule has 0 aromatic carbocycles. The van der Waals surface area contributed by atoms with Crippen molar-refractivity contribution in [1.82, 2.24) is 10.2 Å². The number of β-amino-alcohol motifs (C(OH)–C–C–N with tert-alkyl or cyclic N) is 1. The zero-order chi connectivity index (χ0) is 14.8. The molecule has 2 N–H and O–H groups in total. The van der Waals surface area contributed by atoms with Crippen LogP contribution in [0.15, 0.2) is 22.8 Å². The second kappa shape index (κ2) is 5.87. The molecule has 1 aromatic rings. The van der Waals surface area contributed by atoms with E-state index in [1.165, 1.54) is 0 Å². The van der Waals surface area contributed by atoms with E-state index in [0.717, 1.165) is 12.2 Å². The van der Waals surface area contributed by atoms with Crippen molar-refractivity contribution in [2.45, 2.75) is 39.8 Å². The smallest absolute Gasteiger partial charge is 0.317 e. The van der Waals surface area contributed by atoms with Crippen LogP contribution >= 0.6 is 0 Å². The Bertz CT molecular complexity index is 436. The Balaban J connectivity index is 1.84. The lowest BCUT2D eigenvalue weighted by Gasteiger charge is -2.42. The van der Waals surface area contributed by atoms with Crippen LogP contribution in [0.25, 0.3) is 0 Å². The van der Waals surface area contributed by atoms with Gasteiger partial charge in [-0.1, -0.05) is 20.8 Å². The van der Waals surface area contributed by atoms with Crippen molar-refractivity contribution in [3.8, 4) is 0 Å². The molecule has 1 aromatic heterocycles. The molecule has 1 aliphatic heterocycles. The van der Waals surface area contributed by atoms with E-state index in [1.807, 2.05) is 6.07 Å². The van der Waals surface area contributed by atoms with Gasteiger partial charge >= 0.3 is 6.03 Å². The maximum atomic E-state index is 12.1. The van der Waals surface area contributed by atoms with Crippen molar-refractivity contribution < 1.29 is 14.3 Å². The van der Waals surface area contributed by atoms with E-state index in [9.17, 15) is 9.90 Å². The third-order valence-corrected chi connectivity index (χ3v) is 3.98. The number of aliphatic hydroxyl groups excluding tert-OH is 1. The van der Waals surface area contributed by atoms with Gasteiger partial charge in [-0.15, -0.1) is 0 Å². The Kier molecular flexibility index (Phi) is 4.38. The largest absolute Gasteiger partial charge is 0.467 e. The van der Waals surface area contributed by atoms with E-state index in [-0.39, 0.29) is 17.4 Å². The number of amides is 2. The highest BCUT2D eigenvalue weighted by Crippen LogP contribution is 2.34. The standard InChI is InChI=1S/C15H24N2O3/c1-15(2,3)12-6-7-17(10-13(12)18)14(19)16-9-11-5-4-8-20-11/h4-5,8,12-13,18H,6-7,9-10H2,1-3H3,(H,16,19)/t12-,13-/m0/s1. The van der Waals surface area contributed by atoms with Crippen molar-refractivity contribution in [3.63, 3.8) is 0 Å². The van der Waals surface area contributed by atoms with E-state index >= 15 is 0 Å². The van der Waals surface area contributed by atoms with E-state index in [2.05, 4.69) is 26.1 Å². The summed E-state index contributed by atoms with van der Waals surface area (Å²) in [6, 6.07) is 3.47. The van der Waals surface area contributed by atoms with Crippen LogP contribution in [0.4, 0.5) is 4.79 Å². The topological polar surface area (TPSA) is 65.7 Å². The van der Waals surface area contributed by atoms with E-state index in [4.69, 9.17) is 4.42 Å². The first-order valence-corrected chi connectivity index (χ1v) is 7.11. The lowest BCUT2D eigenvalue weighted by atomic mass is 9.74.